The molecule has 0 aliphatic heterocycles. The van der Waals surface area contributed by atoms with Crippen LogP contribution in [0.25, 0.3) is 0 Å². The molecule has 0 fully saturated rings. The van der Waals surface area contributed by atoms with Gasteiger partial charge in [0.15, 0.2) is 5.78 Å². The van der Waals surface area contributed by atoms with Gasteiger partial charge in [-0.05, 0) is 36.2 Å². The van der Waals surface area contributed by atoms with Gasteiger partial charge in [-0.1, -0.05) is 48.5 Å². The zero-order valence-corrected chi connectivity index (χ0v) is 15.6. The number of carbonyl (C=O) groups is 2. The fourth-order valence-corrected chi connectivity index (χ4v) is 2.75. The summed E-state index contributed by atoms with van der Waals surface area (Å²) in [5.41, 5.74) is 1.69. The summed E-state index contributed by atoms with van der Waals surface area (Å²) >= 11 is 0. The van der Waals surface area contributed by atoms with E-state index in [-0.39, 0.29) is 23.5 Å². The minimum atomic E-state index is -0.618. The van der Waals surface area contributed by atoms with Crippen LogP contribution in [0.4, 0.5) is 4.39 Å². The number of aryl methyl sites for hydroxylation is 1. The van der Waals surface area contributed by atoms with Gasteiger partial charge in [-0.2, -0.15) is 0 Å². The second kappa shape index (κ2) is 8.48. The van der Waals surface area contributed by atoms with Gasteiger partial charge in [0, 0.05) is 5.56 Å². The largest absolute Gasteiger partial charge is 0.488 e. The van der Waals surface area contributed by atoms with Gasteiger partial charge in [-0.15, -0.1) is 0 Å². The zero-order chi connectivity index (χ0) is 20.1. The molecule has 0 amide bonds. The Hall–Kier alpha value is -3.47. The Morgan fingerprint density at radius 2 is 1.54 bits per heavy atom. The average Bonchev–Trinajstić information content (AvgIpc) is 2.74. The van der Waals surface area contributed by atoms with Gasteiger partial charge in [-0.3, -0.25) is 4.79 Å². The molecular weight excluding hydrogens is 359 g/mol. The normalized spacial score (nSPS) is 10.4. The fourth-order valence-electron chi connectivity index (χ4n) is 2.75. The van der Waals surface area contributed by atoms with E-state index in [1.54, 1.807) is 19.1 Å². The molecule has 5 heteroatoms. The predicted molar refractivity (Wildman–Crippen MR) is 103 cm³/mol. The minimum absolute atomic E-state index is 0.123. The van der Waals surface area contributed by atoms with Gasteiger partial charge in [0.1, 0.15) is 23.7 Å². The van der Waals surface area contributed by atoms with Crippen LogP contribution in [0, 0.1) is 12.7 Å². The van der Waals surface area contributed by atoms with E-state index in [0.29, 0.717) is 11.1 Å². The number of benzene rings is 3. The molecule has 3 aromatic rings. The molecule has 0 radical (unpaired) electrons. The molecule has 3 aromatic carbocycles. The van der Waals surface area contributed by atoms with Crippen molar-refractivity contribution in [3.63, 3.8) is 0 Å². The zero-order valence-electron chi connectivity index (χ0n) is 15.6. The molecule has 4 nitrogen and oxygen atoms in total. The van der Waals surface area contributed by atoms with Crippen molar-refractivity contribution in [1.82, 2.24) is 0 Å². The van der Waals surface area contributed by atoms with Crippen molar-refractivity contribution in [1.29, 1.82) is 0 Å². The fraction of sp³-hybridized carbons (Fsp3) is 0.130. The quantitative estimate of drug-likeness (QED) is 0.460. The van der Waals surface area contributed by atoms with Crippen molar-refractivity contribution in [3.05, 3.63) is 100 Å². The Kier molecular flexibility index (Phi) is 5.84. The molecule has 0 spiro atoms. The molecular formula is C23H19FO4. The molecule has 0 aliphatic rings. The number of carbonyl (C=O) groups excluding carboxylic acids is 2. The highest BCUT2D eigenvalue weighted by Crippen LogP contribution is 2.28. The average molecular weight is 378 g/mol. The summed E-state index contributed by atoms with van der Waals surface area (Å²) in [6, 6.07) is 18.5. The maximum absolute atomic E-state index is 14.8. The van der Waals surface area contributed by atoms with Crippen LogP contribution in [-0.4, -0.2) is 18.9 Å². The topological polar surface area (TPSA) is 52.6 Å². The van der Waals surface area contributed by atoms with Crippen molar-refractivity contribution >= 4 is 11.8 Å². The van der Waals surface area contributed by atoms with Crippen LogP contribution in [-0.2, 0) is 11.3 Å². The highest BCUT2D eigenvalue weighted by molar-refractivity contribution is 6.11. The summed E-state index contributed by atoms with van der Waals surface area (Å²) in [4.78, 5) is 24.5. The Bertz CT molecular complexity index is 995. The molecule has 0 heterocycles. The number of rotatable bonds is 6. The SMILES string of the molecule is COC(=O)c1ccc(C(=O)c2c(OCc3ccccc3)ccc(C)c2F)cc1. The molecule has 142 valence electrons. The highest BCUT2D eigenvalue weighted by Gasteiger charge is 2.22. The Morgan fingerprint density at radius 3 is 2.18 bits per heavy atom. The Morgan fingerprint density at radius 1 is 0.893 bits per heavy atom. The van der Waals surface area contributed by atoms with Crippen LogP contribution < -0.4 is 4.74 Å². The molecule has 0 N–H and O–H groups in total. The van der Waals surface area contributed by atoms with Crippen molar-refractivity contribution < 1.29 is 23.5 Å². The van der Waals surface area contributed by atoms with Gasteiger partial charge < -0.3 is 9.47 Å². The summed E-state index contributed by atoms with van der Waals surface area (Å²) in [5.74, 6) is -1.46. The second-order valence-electron chi connectivity index (χ2n) is 6.24. The van der Waals surface area contributed by atoms with E-state index in [0.717, 1.165) is 5.56 Å². The minimum Gasteiger partial charge on any atom is -0.488 e. The molecule has 0 saturated carbocycles. The van der Waals surface area contributed by atoms with Crippen molar-refractivity contribution in [3.8, 4) is 5.75 Å². The number of halogens is 1. The Labute approximate surface area is 162 Å². The van der Waals surface area contributed by atoms with Gasteiger partial charge in [-0.25, -0.2) is 9.18 Å². The number of ether oxygens (including phenoxy) is 2. The van der Waals surface area contributed by atoms with E-state index in [2.05, 4.69) is 4.74 Å². The summed E-state index contributed by atoms with van der Waals surface area (Å²) in [7, 11) is 1.28. The lowest BCUT2D eigenvalue weighted by Crippen LogP contribution is -2.10. The van der Waals surface area contributed by atoms with E-state index < -0.39 is 17.6 Å². The standard InChI is InChI=1S/C23H19FO4/c1-15-8-13-19(28-14-16-6-4-3-5-7-16)20(21(15)24)22(25)17-9-11-18(12-10-17)23(26)27-2/h3-13H,14H2,1-2H3. The first-order chi connectivity index (χ1) is 13.5. The van der Waals surface area contributed by atoms with E-state index >= 15 is 0 Å². The third-order valence-corrected chi connectivity index (χ3v) is 4.33. The van der Waals surface area contributed by atoms with Crippen LogP contribution in [0.5, 0.6) is 5.75 Å². The van der Waals surface area contributed by atoms with Gasteiger partial charge in [0.05, 0.1) is 12.7 Å². The number of hydrogen-bond donors (Lipinski definition) is 0. The number of methoxy groups -OCH3 is 1. The first-order valence-electron chi connectivity index (χ1n) is 8.70. The van der Waals surface area contributed by atoms with Gasteiger partial charge >= 0.3 is 5.97 Å². The number of ketones is 1. The van der Waals surface area contributed by atoms with Crippen LogP contribution in [0.2, 0.25) is 0 Å². The summed E-state index contributed by atoms with van der Waals surface area (Å²) in [6.45, 7) is 1.80. The first kappa shape index (κ1) is 19.3. The molecule has 0 bridgehead atoms. The Balaban J connectivity index is 1.92. The molecule has 0 atom stereocenters. The van der Waals surface area contributed by atoms with Gasteiger partial charge in [0.25, 0.3) is 0 Å². The first-order valence-corrected chi connectivity index (χ1v) is 8.70. The second-order valence-corrected chi connectivity index (χ2v) is 6.24. The monoisotopic (exact) mass is 378 g/mol. The molecule has 28 heavy (non-hydrogen) atoms. The van der Waals surface area contributed by atoms with E-state index in [4.69, 9.17) is 4.74 Å². The molecule has 0 saturated heterocycles. The molecule has 0 aromatic heterocycles. The smallest absolute Gasteiger partial charge is 0.337 e. The van der Waals surface area contributed by atoms with Crippen LogP contribution >= 0.6 is 0 Å². The predicted octanol–water partition coefficient (Wildman–Crippen LogP) is 4.73. The maximum atomic E-state index is 14.8. The lowest BCUT2D eigenvalue weighted by molar-refractivity contribution is 0.0600. The summed E-state index contributed by atoms with van der Waals surface area (Å²) in [6.07, 6.45) is 0. The number of hydrogen-bond acceptors (Lipinski definition) is 4. The third kappa shape index (κ3) is 4.09. The van der Waals surface area contributed by atoms with Crippen LogP contribution in [0.15, 0.2) is 66.7 Å². The van der Waals surface area contributed by atoms with Gasteiger partial charge in [0.2, 0.25) is 0 Å². The molecule has 0 unspecified atom stereocenters. The molecule has 0 aliphatic carbocycles. The van der Waals surface area contributed by atoms with E-state index in [1.807, 2.05) is 30.3 Å². The van der Waals surface area contributed by atoms with E-state index in [1.165, 1.54) is 31.4 Å². The lowest BCUT2D eigenvalue weighted by Gasteiger charge is -2.13. The van der Waals surface area contributed by atoms with Crippen molar-refractivity contribution in [2.75, 3.05) is 7.11 Å². The van der Waals surface area contributed by atoms with Crippen LogP contribution in [0.3, 0.4) is 0 Å². The summed E-state index contributed by atoms with van der Waals surface area (Å²) in [5, 5.41) is 0. The van der Waals surface area contributed by atoms with Crippen molar-refractivity contribution in [2.24, 2.45) is 0 Å². The van der Waals surface area contributed by atoms with E-state index in [9.17, 15) is 14.0 Å². The third-order valence-electron chi connectivity index (χ3n) is 4.33. The summed E-state index contributed by atoms with van der Waals surface area (Å²) < 4.78 is 25.2. The van der Waals surface area contributed by atoms with Crippen LogP contribution in [0.1, 0.15) is 37.4 Å². The lowest BCUT2D eigenvalue weighted by atomic mass is 9.98. The highest BCUT2D eigenvalue weighted by atomic mass is 19.1. The maximum Gasteiger partial charge on any atom is 0.337 e. The van der Waals surface area contributed by atoms with Crippen molar-refractivity contribution in [2.45, 2.75) is 13.5 Å². The number of esters is 1. The molecule has 3 rings (SSSR count).